The minimum Gasteiger partial charge on any atom is -0.486 e. The van der Waals surface area contributed by atoms with Gasteiger partial charge < -0.3 is 64.8 Å². The number of nitrogens with one attached hydrogen (secondary N) is 2. The van der Waals surface area contributed by atoms with Crippen LogP contribution in [-0.4, -0.2) is 91.6 Å². The summed E-state index contributed by atoms with van der Waals surface area (Å²) in [4.78, 5) is 24.8. The fourth-order valence-electron chi connectivity index (χ4n) is 8.55. The lowest BCUT2D eigenvalue weighted by Gasteiger charge is -2.21. The maximum Gasteiger partial charge on any atom is 0.312 e. The number of aryl methyl sites for hydroxylation is 1. The summed E-state index contributed by atoms with van der Waals surface area (Å²) in [5.41, 5.74) is 22.8. The van der Waals surface area contributed by atoms with Crippen molar-refractivity contribution in [2.75, 3.05) is 64.1 Å². The molecule has 6 aromatic heterocycles. The van der Waals surface area contributed by atoms with Gasteiger partial charge in [0.2, 0.25) is 0 Å². The van der Waals surface area contributed by atoms with Gasteiger partial charge >= 0.3 is 12.2 Å². The van der Waals surface area contributed by atoms with E-state index in [9.17, 15) is 8.78 Å². The van der Waals surface area contributed by atoms with Gasteiger partial charge in [0.15, 0.2) is 57.0 Å². The highest BCUT2D eigenvalue weighted by Gasteiger charge is 2.25. The molecule has 0 bridgehead atoms. The highest BCUT2D eigenvalue weighted by atomic mass is 19.1. The summed E-state index contributed by atoms with van der Waals surface area (Å²) in [5.74, 6) is 7.92. The second kappa shape index (κ2) is 21.3. The number of halogens is 2. The van der Waals surface area contributed by atoms with Gasteiger partial charge in [-0.1, -0.05) is 27.7 Å². The van der Waals surface area contributed by atoms with E-state index in [2.05, 4.69) is 58.3 Å². The monoisotopic (exact) mass is 975 g/mol. The van der Waals surface area contributed by atoms with Gasteiger partial charge in [0.05, 0.1) is 6.54 Å². The van der Waals surface area contributed by atoms with E-state index in [0.717, 1.165) is 46.9 Å². The van der Waals surface area contributed by atoms with Crippen molar-refractivity contribution in [3.8, 4) is 45.6 Å². The van der Waals surface area contributed by atoms with E-state index in [4.69, 9.17) is 55.0 Å². The Labute approximate surface area is 408 Å². The van der Waals surface area contributed by atoms with Crippen molar-refractivity contribution < 1.29 is 36.6 Å². The number of fused-ring (bicyclic) bond motifs is 4. The van der Waals surface area contributed by atoms with Crippen molar-refractivity contribution in [1.29, 1.82) is 0 Å². The van der Waals surface area contributed by atoms with Crippen LogP contribution in [0.1, 0.15) is 62.0 Å². The van der Waals surface area contributed by atoms with Crippen LogP contribution in [0.2, 0.25) is 0 Å². The second-order valence-electron chi connectivity index (χ2n) is 18.2. The zero-order valence-corrected chi connectivity index (χ0v) is 40.5. The zero-order chi connectivity index (χ0) is 49.8. The molecule has 0 unspecified atom stereocenters. The molecule has 0 radical (unpaired) electrons. The molecular weight excluding hydrogens is 917 g/mol. The Balaban J connectivity index is 0.000000176. The molecule has 0 atom stereocenters. The van der Waals surface area contributed by atoms with E-state index >= 15 is 0 Å². The summed E-state index contributed by atoms with van der Waals surface area (Å²) in [5, 5.41) is 6.84. The topological polar surface area (TPSA) is 253 Å². The SMILES string of the molecule is CC(C)CNCCn1c(Cc2cc3c(cc2-c2ccc(CN)o2)OCCO3)nc2c(N)nc(F)nc21.Cc1ccc(-c2cc3c(cc2Cc2nc4c(N)nc(F)nc4n2CCNCC(C)C)OCCO3)o1. The molecule has 21 heteroatoms. The number of imidazole rings is 2. The third-order valence-electron chi connectivity index (χ3n) is 11.8. The van der Waals surface area contributed by atoms with Crippen molar-refractivity contribution in [2.45, 2.75) is 67.1 Å². The summed E-state index contributed by atoms with van der Waals surface area (Å²) < 4.78 is 67.2. The van der Waals surface area contributed by atoms with E-state index in [1.807, 2.05) is 64.6 Å². The lowest BCUT2D eigenvalue weighted by molar-refractivity contribution is 0.171. The fourth-order valence-corrected chi connectivity index (χ4v) is 8.55. The number of furan rings is 2. The third-order valence-corrected chi connectivity index (χ3v) is 11.8. The quantitative estimate of drug-likeness (QED) is 0.0476. The highest BCUT2D eigenvalue weighted by Crippen LogP contribution is 2.41. The first-order valence-corrected chi connectivity index (χ1v) is 23.8. The number of aromatic nitrogens is 8. The Morgan fingerprint density at radius 2 is 1.03 bits per heavy atom. The van der Waals surface area contributed by atoms with Gasteiger partial charge in [0.1, 0.15) is 61.1 Å². The average molecular weight is 976 g/mol. The molecule has 2 aliphatic heterocycles. The Morgan fingerprint density at radius 3 is 1.44 bits per heavy atom. The smallest absolute Gasteiger partial charge is 0.312 e. The maximum atomic E-state index is 14.1. The molecule has 2 aromatic carbocycles. The van der Waals surface area contributed by atoms with Crippen LogP contribution in [0.5, 0.6) is 23.0 Å². The van der Waals surface area contributed by atoms with Crippen molar-refractivity contribution in [3.63, 3.8) is 0 Å². The van der Waals surface area contributed by atoms with Crippen LogP contribution in [0.3, 0.4) is 0 Å². The average Bonchev–Trinajstić information content (AvgIpc) is 4.15. The van der Waals surface area contributed by atoms with E-state index in [-0.39, 0.29) is 11.6 Å². The van der Waals surface area contributed by atoms with Crippen LogP contribution >= 0.6 is 0 Å². The number of ether oxygens (including phenoxy) is 4. The highest BCUT2D eigenvalue weighted by molar-refractivity contribution is 5.83. The number of hydrogen-bond acceptors (Lipinski definition) is 17. The predicted molar refractivity (Wildman–Crippen MR) is 263 cm³/mol. The fraction of sp³-hybridized carbons (Fsp3) is 0.400. The number of nitrogen functional groups attached to an aromatic ring is 2. The number of anilines is 2. The van der Waals surface area contributed by atoms with Gasteiger partial charge in [-0.25, -0.2) is 9.97 Å². The first-order valence-electron chi connectivity index (χ1n) is 23.8. The first kappa shape index (κ1) is 48.7. The number of benzene rings is 2. The van der Waals surface area contributed by atoms with E-state index < -0.39 is 12.2 Å². The largest absolute Gasteiger partial charge is 0.486 e. The molecule has 8 N–H and O–H groups in total. The number of hydrogen-bond donors (Lipinski definition) is 5. The normalized spacial score (nSPS) is 13.2. The summed E-state index contributed by atoms with van der Waals surface area (Å²) in [6, 6.07) is 15.3. The van der Waals surface area contributed by atoms with E-state index in [0.29, 0.717) is 152 Å². The van der Waals surface area contributed by atoms with E-state index in [1.165, 1.54) is 0 Å². The summed E-state index contributed by atoms with van der Waals surface area (Å²) >= 11 is 0. The second-order valence-corrected chi connectivity index (χ2v) is 18.2. The van der Waals surface area contributed by atoms with Crippen molar-refractivity contribution in [1.82, 2.24) is 49.7 Å². The molecule has 8 aromatic rings. The lowest BCUT2D eigenvalue weighted by atomic mass is 10.0. The predicted octanol–water partition coefficient (Wildman–Crippen LogP) is 6.60. The minimum absolute atomic E-state index is 0.00802. The molecule has 0 amide bonds. The molecule has 2 aliphatic rings. The van der Waals surface area contributed by atoms with Crippen LogP contribution in [0.4, 0.5) is 20.4 Å². The summed E-state index contributed by atoms with van der Waals surface area (Å²) in [6.45, 7) is 16.8. The summed E-state index contributed by atoms with van der Waals surface area (Å²) in [6.07, 6.45) is -0.934. The molecule has 10 rings (SSSR count). The van der Waals surface area contributed by atoms with Crippen LogP contribution in [0.25, 0.3) is 45.0 Å². The van der Waals surface area contributed by atoms with Gasteiger partial charge in [-0.2, -0.15) is 28.7 Å². The van der Waals surface area contributed by atoms with Crippen molar-refractivity contribution >= 4 is 34.0 Å². The Hall–Kier alpha value is -7.36. The van der Waals surface area contributed by atoms with Gasteiger partial charge in [0.25, 0.3) is 0 Å². The maximum absolute atomic E-state index is 14.1. The van der Waals surface area contributed by atoms with Crippen LogP contribution in [-0.2, 0) is 32.5 Å². The molecule has 8 heterocycles. The Kier molecular flexibility index (Phi) is 14.6. The van der Waals surface area contributed by atoms with Crippen molar-refractivity contribution in [2.24, 2.45) is 17.6 Å². The Morgan fingerprint density at radius 1 is 0.592 bits per heavy atom. The van der Waals surface area contributed by atoms with Crippen molar-refractivity contribution in [3.05, 3.63) is 95.0 Å². The molecule has 374 valence electrons. The molecular formula is C50H59F2N13O6. The molecule has 0 saturated heterocycles. The zero-order valence-electron chi connectivity index (χ0n) is 40.5. The van der Waals surface area contributed by atoms with Crippen LogP contribution < -0.4 is 46.8 Å². The lowest BCUT2D eigenvalue weighted by Crippen LogP contribution is -2.25. The molecule has 71 heavy (non-hydrogen) atoms. The summed E-state index contributed by atoms with van der Waals surface area (Å²) in [7, 11) is 0. The minimum atomic E-state index is -0.882. The molecule has 0 aliphatic carbocycles. The standard InChI is InChI=1S/C25H30FN7O3.C25H29FN6O3/c1-14(2)13-29-5-6-33-21(30-22-23(28)31-25(26)32-24(22)33)10-15-9-19-20(35-8-7-34-19)11-17(15)18-4-3-16(12-27)36-18;1-14(2)13-28-6-7-32-21(29-22-23(27)30-25(26)31-24(22)32)11-16-10-19-20(34-9-8-33-19)12-17(16)18-5-4-15(3)35-18/h3-4,9,11,14,29H,5-8,10,12-13,27H2,1-2H3,(H2,28,31,32);4-5,10,12,14,28H,6-9,11,13H2,1-3H3,(H2,27,30,31). The van der Waals surface area contributed by atoms with Gasteiger partial charge in [-0.3, -0.25) is 0 Å². The number of nitrogens with zero attached hydrogens (tertiary/aromatic N) is 8. The van der Waals surface area contributed by atoms with Gasteiger partial charge in [-0.05, 0) is 91.5 Å². The molecule has 0 spiro atoms. The van der Waals surface area contributed by atoms with E-state index in [1.54, 1.807) is 0 Å². The van der Waals surface area contributed by atoms with Gasteiger partial charge in [-0.15, -0.1) is 0 Å². The molecule has 0 saturated carbocycles. The first-order chi connectivity index (χ1) is 34.3. The number of nitrogens with two attached hydrogens (primary N) is 3. The van der Waals surface area contributed by atoms with Crippen LogP contribution in [0.15, 0.2) is 57.4 Å². The van der Waals surface area contributed by atoms with Gasteiger partial charge in [0, 0.05) is 50.1 Å². The third kappa shape index (κ3) is 11.0. The number of rotatable bonds is 17. The Bertz CT molecular complexity index is 3160. The molecule has 0 fully saturated rings. The van der Waals surface area contributed by atoms with Crippen LogP contribution in [0, 0.1) is 30.9 Å². The molecule has 19 nitrogen and oxygen atoms in total.